The highest BCUT2D eigenvalue weighted by Gasteiger charge is 2.18. The van der Waals surface area contributed by atoms with Crippen molar-refractivity contribution in [3.63, 3.8) is 0 Å². The standard InChI is InChI=1S/C18H24N2OS3/c1-3-6-19-7-9-20(10-8-19)12-15-11-14(4-5-16(15)21)17-13(2)18(22)24-23-17/h4-5,11,21H,3,6-10,12H2,1-2H3. The predicted octanol–water partition coefficient (Wildman–Crippen LogP) is 4.75. The van der Waals surface area contributed by atoms with E-state index >= 15 is 0 Å². The third-order valence-corrected chi connectivity index (χ3v) is 7.96. The maximum absolute atomic E-state index is 10.3. The molecule has 1 aromatic heterocycles. The van der Waals surface area contributed by atoms with Crippen molar-refractivity contribution in [2.45, 2.75) is 26.8 Å². The largest absolute Gasteiger partial charge is 0.508 e. The molecule has 130 valence electrons. The smallest absolute Gasteiger partial charge is 0.120 e. The van der Waals surface area contributed by atoms with Crippen molar-refractivity contribution in [1.29, 1.82) is 0 Å². The normalized spacial score (nSPS) is 16.6. The Morgan fingerprint density at radius 2 is 1.83 bits per heavy atom. The van der Waals surface area contributed by atoms with E-state index in [1.165, 1.54) is 29.0 Å². The number of hydrogen-bond donors (Lipinski definition) is 1. The Morgan fingerprint density at radius 3 is 2.46 bits per heavy atom. The van der Waals surface area contributed by atoms with Gasteiger partial charge in [-0.2, -0.15) is 0 Å². The Balaban J connectivity index is 1.73. The van der Waals surface area contributed by atoms with E-state index in [2.05, 4.69) is 29.7 Å². The number of phenols is 1. The molecule has 0 atom stereocenters. The van der Waals surface area contributed by atoms with E-state index < -0.39 is 0 Å². The van der Waals surface area contributed by atoms with E-state index in [-0.39, 0.29) is 0 Å². The van der Waals surface area contributed by atoms with Crippen LogP contribution in [0, 0.1) is 10.7 Å². The lowest BCUT2D eigenvalue weighted by atomic mass is 10.1. The molecule has 1 fully saturated rings. The van der Waals surface area contributed by atoms with E-state index in [1.807, 2.05) is 12.1 Å². The van der Waals surface area contributed by atoms with Crippen molar-refractivity contribution in [1.82, 2.24) is 9.80 Å². The highest BCUT2D eigenvalue weighted by molar-refractivity contribution is 7.80. The van der Waals surface area contributed by atoms with Gasteiger partial charge >= 0.3 is 0 Å². The first kappa shape index (κ1) is 18.0. The lowest BCUT2D eigenvalue weighted by Gasteiger charge is -2.34. The summed E-state index contributed by atoms with van der Waals surface area (Å²) >= 11 is 5.36. The maximum atomic E-state index is 10.3. The molecule has 0 unspecified atom stereocenters. The third kappa shape index (κ3) is 4.06. The first-order valence-electron chi connectivity index (χ1n) is 8.45. The molecule has 0 spiro atoms. The molecule has 6 heteroatoms. The number of phenolic OH excluding ortho intramolecular Hbond substituents is 1. The number of hydrogen-bond acceptors (Lipinski definition) is 6. The van der Waals surface area contributed by atoms with Gasteiger partial charge in [0, 0.05) is 38.3 Å². The highest BCUT2D eigenvalue weighted by atomic mass is 32.9. The summed E-state index contributed by atoms with van der Waals surface area (Å²) in [4.78, 5) is 6.20. The van der Waals surface area contributed by atoms with E-state index in [0.29, 0.717) is 5.75 Å². The first-order valence-corrected chi connectivity index (χ1v) is 11.0. The van der Waals surface area contributed by atoms with Crippen molar-refractivity contribution >= 4 is 32.9 Å². The van der Waals surface area contributed by atoms with Gasteiger partial charge in [-0.25, -0.2) is 0 Å². The van der Waals surface area contributed by atoms with Crippen molar-refractivity contribution in [3.05, 3.63) is 33.1 Å². The zero-order valence-electron chi connectivity index (χ0n) is 14.2. The summed E-state index contributed by atoms with van der Waals surface area (Å²) in [5.41, 5.74) is 3.37. The van der Waals surface area contributed by atoms with Crippen LogP contribution in [-0.2, 0) is 6.54 Å². The first-order chi connectivity index (χ1) is 11.6. The molecule has 24 heavy (non-hydrogen) atoms. The third-order valence-electron chi connectivity index (χ3n) is 4.59. The summed E-state index contributed by atoms with van der Waals surface area (Å²) in [5, 5.41) is 10.3. The fourth-order valence-corrected chi connectivity index (χ4v) is 6.03. The summed E-state index contributed by atoms with van der Waals surface area (Å²) in [5.74, 6) is 0.395. The average molecular weight is 381 g/mol. The van der Waals surface area contributed by atoms with Gasteiger partial charge in [0.1, 0.15) is 9.57 Å². The minimum absolute atomic E-state index is 0.395. The van der Waals surface area contributed by atoms with Crippen LogP contribution in [0.3, 0.4) is 0 Å². The summed E-state index contributed by atoms with van der Waals surface area (Å²) < 4.78 is 0.969. The molecule has 3 rings (SSSR count). The molecule has 2 heterocycles. The van der Waals surface area contributed by atoms with Gasteiger partial charge in [-0.15, -0.1) is 0 Å². The second-order valence-electron chi connectivity index (χ2n) is 6.37. The number of nitrogens with zero attached hydrogens (tertiary/aromatic N) is 2. The summed E-state index contributed by atoms with van der Waals surface area (Å²) in [6, 6.07) is 5.96. The molecule has 0 radical (unpaired) electrons. The second kappa shape index (κ2) is 8.06. The quantitative estimate of drug-likeness (QED) is 0.598. The van der Waals surface area contributed by atoms with Gasteiger partial charge in [-0.3, -0.25) is 4.90 Å². The molecule has 0 saturated carbocycles. The van der Waals surface area contributed by atoms with Crippen LogP contribution in [0.5, 0.6) is 5.75 Å². The number of aromatic hydroxyl groups is 1. The van der Waals surface area contributed by atoms with Crippen LogP contribution in [0.2, 0.25) is 0 Å². The van der Waals surface area contributed by atoms with Crippen LogP contribution < -0.4 is 0 Å². The Hall–Kier alpha value is -0.790. The molecule has 0 bridgehead atoms. The highest BCUT2D eigenvalue weighted by Crippen LogP contribution is 2.36. The predicted molar refractivity (Wildman–Crippen MR) is 107 cm³/mol. The zero-order valence-corrected chi connectivity index (χ0v) is 16.7. The SMILES string of the molecule is CCCN1CCN(Cc2cc(-c3ssc(=S)c3C)ccc2O)CC1. The number of benzene rings is 1. The summed E-state index contributed by atoms with van der Waals surface area (Å²) in [6.45, 7) is 10.7. The van der Waals surface area contributed by atoms with Gasteiger partial charge in [0.25, 0.3) is 0 Å². The summed E-state index contributed by atoms with van der Waals surface area (Å²) in [7, 11) is 3.39. The Labute approximate surface area is 156 Å². The molecule has 0 aliphatic carbocycles. The van der Waals surface area contributed by atoms with Crippen LogP contribution in [0.1, 0.15) is 24.5 Å². The van der Waals surface area contributed by atoms with Gasteiger partial charge in [-0.05, 0) is 49.2 Å². The fraction of sp³-hybridized carbons (Fsp3) is 0.500. The van der Waals surface area contributed by atoms with Crippen molar-refractivity contribution in [2.75, 3.05) is 32.7 Å². The van der Waals surface area contributed by atoms with Gasteiger partial charge in [0.05, 0.1) is 4.88 Å². The number of piperazine rings is 1. The molecule has 1 saturated heterocycles. The topological polar surface area (TPSA) is 26.7 Å². The van der Waals surface area contributed by atoms with Crippen LogP contribution >= 0.6 is 32.9 Å². The molecule has 1 N–H and O–H groups in total. The van der Waals surface area contributed by atoms with E-state index in [9.17, 15) is 5.11 Å². The van der Waals surface area contributed by atoms with E-state index in [1.54, 1.807) is 20.7 Å². The Kier molecular flexibility index (Phi) is 6.05. The van der Waals surface area contributed by atoms with Crippen LogP contribution in [-0.4, -0.2) is 47.6 Å². The van der Waals surface area contributed by atoms with Gasteiger partial charge < -0.3 is 10.0 Å². The zero-order chi connectivity index (χ0) is 17.1. The average Bonchev–Trinajstić information content (AvgIpc) is 2.91. The fourth-order valence-electron chi connectivity index (χ4n) is 3.14. The maximum Gasteiger partial charge on any atom is 0.120 e. The molecular weight excluding hydrogens is 356 g/mol. The van der Waals surface area contributed by atoms with Crippen LogP contribution in [0.25, 0.3) is 10.4 Å². The molecule has 1 aromatic carbocycles. The van der Waals surface area contributed by atoms with Gasteiger partial charge in [0.15, 0.2) is 0 Å². The van der Waals surface area contributed by atoms with Gasteiger partial charge in [-0.1, -0.05) is 39.8 Å². The second-order valence-corrected chi connectivity index (χ2v) is 9.19. The lowest BCUT2D eigenvalue weighted by molar-refractivity contribution is 0.126. The minimum Gasteiger partial charge on any atom is -0.508 e. The minimum atomic E-state index is 0.395. The molecule has 1 aliphatic rings. The van der Waals surface area contributed by atoms with E-state index in [0.717, 1.165) is 42.1 Å². The molecular formula is C18H24N2OS3. The monoisotopic (exact) mass is 380 g/mol. The van der Waals surface area contributed by atoms with Crippen molar-refractivity contribution in [2.24, 2.45) is 0 Å². The van der Waals surface area contributed by atoms with Crippen LogP contribution in [0.4, 0.5) is 0 Å². The number of rotatable bonds is 5. The summed E-state index contributed by atoms with van der Waals surface area (Å²) in [6.07, 6.45) is 1.22. The molecule has 0 amide bonds. The Bertz CT molecular complexity index is 745. The van der Waals surface area contributed by atoms with Crippen molar-refractivity contribution < 1.29 is 5.11 Å². The lowest BCUT2D eigenvalue weighted by Crippen LogP contribution is -2.45. The van der Waals surface area contributed by atoms with E-state index in [4.69, 9.17) is 12.2 Å². The van der Waals surface area contributed by atoms with Gasteiger partial charge in [0.2, 0.25) is 0 Å². The molecule has 2 aromatic rings. The van der Waals surface area contributed by atoms with Crippen LogP contribution in [0.15, 0.2) is 18.2 Å². The molecule has 1 aliphatic heterocycles. The Morgan fingerprint density at radius 1 is 1.12 bits per heavy atom. The molecule has 3 nitrogen and oxygen atoms in total. The van der Waals surface area contributed by atoms with Crippen molar-refractivity contribution in [3.8, 4) is 16.2 Å².